The molecule has 0 aliphatic rings. The molecule has 0 atom stereocenters. The van der Waals surface area contributed by atoms with Crippen molar-refractivity contribution in [3.63, 3.8) is 0 Å². The van der Waals surface area contributed by atoms with E-state index in [9.17, 15) is 29.8 Å². The summed E-state index contributed by atoms with van der Waals surface area (Å²) in [6.45, 7) is 15.0. The van der Waals surface area contributed by atoms with Gasteiger partial charge in [-0.25, -0.2) is 0 Å². The van der Waals surface area contributed by atoms with Gasteiger partial charge in [0.2, 0.25) is 11.9 Å². The van der Waals surface area contributed by atoms with Crippen molar-refractivity contribution < 1.29 is 48.4 Å². The minimum atomic E-state index is -4.36. The molecule has 424 valence electrons. The average Bonchev–Trinajstić information content (AvgIpc) is 3.40. The highest BCUT2D eigenvalue weighted by Crippen LogP contribution is 2.39. The molecule has 26 heteroatoms. The fraction of sp³-hybridized carbons (Fsp3) is 0.264. The molecule has 0 spiro atoms. The van der Waals surface area contributed by atoms with Gasteiger partial charge in [0.05, 0.1) is 64.6 Å². The number of nitrogen functional groups attached to an aromatic ring is 4. The van der Waals surface area contributed by atoms with Crippen LogP contribution >= 0.6 is 11.8 Å². The van der Waals surface area contributed by atoms with Gasteiger partial charge in [-0.3, -0.25) is 13.7 Å². The minimum Gasteiger partial charge on any atom is -0.495 e. The summed E-state index contributed by atoms with van der Waals surface area (Å²) >= 11 is 1.26. The van der Waals surface area contributed by atoms with Crippen molar-refractivity contribution in [2.45, 2.75) is 73.6 Å². The van der Waals surface area contributed by atoms with E-state index in [2.05, 4.69) is 63.1 Å². The van der Waals surface area contributed by atoms with E-state index < -0.39 is 30.4 Å². The second-order valence-corrected chi connectivity index (χ2v) is 22.2. The number of rotatable bonds is 19. The van der Waals surface area contributed by atoms with E-state index in [-0.39, 0.29) is 38.0 Å². The van der Waals surface area contributed by atoms with Crippen molar-refractivity contribution in [3.8, 4) is 11.5 Å². The molecule has 0 fully saturated rings. The summed E-state index contributed by atoms with van der Waals surface area (Å²) in [4.78, 5) is 17.5. The lowest BCUT2D eigenvalue weighted by atomic mass is 10.1. The van der Waals surface area contributed by atoms with E-state index in [1.165, 1.54) is 36.0 Å². The highest BCUT2D eigenvalue weighted by Gasteiger charge is 2.20. The monoisotopic (exact) mass is 1160 g/mol. The lowest BCUT2D eigenvalue weighted by Crippen LogP contribution is -2.29. The van der Waals surface area contributed by atoms with Gasteiger partial charge in [-0.1, -0.05) is 79.4 Å². The van der Waals surface area contributed by atoms with Crippen molar-refractivity contribution in [2.24, 2.45) is 0 Å². The van der Waals surface area contributed by atoms with Gasteiger partial charge in [0.25, 0.3) is 30.4 Å². The Hall–Kier alpha value is -7.59. The standard InChI is InChI=1S/C32H43N9O5S2.C11H15NO3S.C10H9NO3S/c1-7-40(8-2)26-17-24(22(33)15-28(26)45-5)35-30-37-31(36-25-18-27(41(9-3)10-4)29(46-6)16-23(25)34)39-32(38-30)47-19-20-12-11-13-21(14-20)48(42,43)44;1-3-5-8-6-7-10(16(13,14)15)11(12)9(8)4-2;11-10-8-4-2-1-3-7(8)5-6-9(10)15(12,13)14/h11-18H,7-10,19,33-34H2,1-6H3,(H,42,43,44)(H2,35,36,37,38,39);4-7H,3,12H2,1-2H3,(H,13,14,15);1-6H,11H2,(H,12,13,14)/b;8-5-,9-4+;. The number of methoxy groups -OCH3 is 2. The zero-order valence-electron chi connectivity index (χ0n) is 44.9. The number of nitrogens with two attached hydrogens (primary N) is 4. The molecule has 0 bridgehead atoms. The maximum Gasteiger partial charge on any atom is 0.296 e. The van der Waals surface area contributed by atoms with Crippen LogP contribution in [-0.2, 0) is 36.1 Å². The average molecular weight is 1160 g/mol. The molecule has 1 aromatic heterocycles. The zero-order chi connectivity index (χ0) is 58.4. The lowest BCUT2D eigenvalue weighted by molar-refractivity contribution is 0.414. The summed E-state index contributed by atoms with van der Waals surface area (Å²) in [5.74, 6) is 2.00. The van der Waals surface area contributed by atoms with Gasteiger partial charge in [0.1, 0.15) is 21.3 Å². The minimum absolute atomic E-state index is 0.0793. The molecule has 22 nitrogen and oxygen atoms in total. The van der Waals surface area contributed by atoms with Crippen molar-refractivity contribution in [1.82, 2.24) is 15.0 Å². The number of fused-ring (bicyclic) bond motifs is 1. The van der Waals surface area contributed by atoms with Crippen molar-refractivity contribution in [2.75, 3.05) is 83.8 Å². The molecule has 6 aromatic carbocycles. The third-order valence-electron chi connectivity index (χ3n) is 12.1. The van der Waals surface area contributed by atoms with Crippen LogP contribution in [0.3, 0.4) is 0 Å². The van der Waals surface area contributed by atoms with Crippen LogP contribution in [0.15, 0.2) is 117 Å². The number of aromatic nitrogens is 3. The molecule has 0 unspecified atom stereocenters. The van der Waals surface area contributed by atoms with Crippen LogP contribution in [0.25, 0.3) is 22.9 Å². The number of anilines is 10. The Bertz CT molecular complexity index is 3680. The maximum absolute atomic E-state index is 11.7. The van der Waals surface area contributed by atoms with Crippen molar-refractivity contribution >= 4 is 122 Å². The van der Waals surface area contributed by atoms with E-state index in [0.29, 0.717) is 61.3 Å². The topological polar surface area (TPSA) is 355 Å². The molecular weight excluding hydrogens is 1090 g/mol. The summed E-state index contributed by atoms with van der Waals surface area (Å²) in [7, 11) is -9.66. The van der Waals surface area contributed by atoms with Crippen LogP contribution in [0, 0.1) is 0 Å². The van der Waals surface area contributed by atoms with Gasteiger partial charge < -0.3 is 52.8 Å². The van der Waals surface area contributed by atoms with Crippen LogP contribution in [0.1, 0.15) is 53.5 Å². The second kappa shape index (κ2) is 27.3. The Morgan fingerprint density at radius 3 is 1.58 bits per heavy atom. The molecule has 0 saturated carbocycles. The van der Waals surface area contributed by atoms with Crippen LogP contribution in [0.4, 0.5) is 57.4 Å². The normalized spacial score (nSPS) is 12.0. The number of hydrogen-bond acceptors (Lipinski definition) is 20. The smallest absolute Gasteiger partial charge is 0.296 e. The van der Waals surface area contributed by atoms with E-state index in [0.717, 1.165) is 54.6 Å². The van der Waals surface area contributed by atoms with E-state index >= 15 is 0 Å². The predicted molar refractivity (Wildman–Crippen MR) is 317 cm³/mol. The van der Waals surface area contributed by atoms with E-state index in [1.807, 2.05) is 37.3 Å². The first kappa shape index (κ1) is 62.3. The number of benzene rings is 6. The molecule has 0 radical (unpaired) electrons. The molecule has 0 saturated heterocycles. The summed E-state index contributed by atoms with van der Waals surface area (Å²) < 4.78 is 106. The van der Waals surface area contributed by atoms with Gasteiger partial charge in [-0.15, -0.1) is 0 Å². The first-order valence-electron chi connectivity index (χ1n) is 24.6. The van der Waals surface area contributed by atoms with E-state index in [1.54, 1.807) is 75.8 Å². The van der Waals surface area contributed by atoms with Gasteiger partial charge in [-0.2, -0.15) is 40.2 Å². The number of ether oxygens (including phenoxy) is 2. The van der Waals surface area contributed by atoms with Crippen LogP contribution in [0.2, 0.25) is 0 Å². The van der Waals surface area contributed by atoms with Gasteiger partial charge in [-0.05, 0) is 93.6 Å². The molecule has 0 aliphatic carbocycles. The zero-order valence-corrected chi connectivity index (χ0v) is 48.2. The first-order valence-corrected chi connectivity index (χ1v) is 29.9. The Labute approximate surface area is 465 Å². The second-order valence-electron chi connectivity index (χ2n) is 17.0. The highest BCUT2D eigenvalue weighted by atomic mass is 32.2. The summed E-state index contributed by atoms with van der Waals surface area (Å²) in [5.41, 5.74) is 28.8. The predicted octanol–water partition coefficient (Wildman–Crippen LogP) is 7.95. The molecule has 7 aromatic rings. The maximum atomic E-state index is 11.7. The number of nitrogens with zero attached hydrogens (tertiary/aromatic N) is 5. The van der Waals surface area contributed by atoms with Crippen molar-refractivity contribution in [3.05, 3.63) is 113 Å². The lowest BCUT2D eigenvalue weighted by Gasteiger charge is -2.25. The molecule has 13 N–H and O–H groups in total. The molecular formula is C53H67N11O11S4. The van der Waals surface area contributed by atoms with Crippen LogP contribution in [0.5, 0.6) is 11.5 Å². The summed E-state index contributed by atoms with van der Waals surface area (Å²) in [6, 6.07) is 26.3. The molecule has 0 amide bonds. The molecule has 1 heterocycles. The molecule has 7 rings (SSSR count). The van der Waals surface area contributed by atoms with Crippen LogP contribution in [-0.4, -0.2) is 94.3 Å². The number of hydrogen-bond donors (Lipinski definition) is 9. The largest absolute Gasteiger partial charge is 0.495 e. The highest BCUT2D eigenvalue weighted by molar-refractivity contribution is 7.98. The Morgan fingerprint density at radius 1 is 0.608 bits per heavy atom. The van der Waals surface area contributed by atoms with Gasteiger partial charge in [0, 0.05) is 54.7 Å². The third-order valence-corrected chi connectivity index (χ3v) is 15.7. The quantitative estimate of drug-likeness (QED) is 0.0211. The van der Waals surface area contributed by atoms with Crippen molar-refractivity contribution in [1.29, 1.82) is 0 Å². The third kappa shape index (κ3) is 16.0. The molecule has 0 aliphatic heterocycles. The molecule has 79 heavy (non-hydrogen) atoms. The Kier molecular flexibility index (Phi) is 21.5. The van der Waals surface area contributed by atoms with Crippen LogP contribution < -0.4 is 63.3 Å². The fourth-order valence-corrected chi connectivity index (χ4v) is 10.7. The van der Waals surface area contributed by atoms with E-state index in [4.69, 9.17) is 41.5 Å². The number of thioether (sulfide) groups is 1. The Balaban J connectivity index is 0.000000297. The fourth-order valence-electron chi connectivity index (χ4n) is 8.13. The summed E-state index contributed by atoms with van der Waals surface area (Å²) in [6.07, 6.45) is 4.50. The first-order chi connectivity index (χ1) is 37.3. The SMILES string of the molecule is C/C=c1/c(N)c(S(=O)(=O)O)cc/c1=C/CC.CCN(CC)c1cc(Nc2nc(Nc3cc(N(CC)CC)c(OC)cc3N)nc(SCc3cccc(S(=O)(=O)O)c3)n2)c(N)cc1OC.Nc1c(S(=O)(=O)O)ccc2ccccc12. The van der Waals surface area contributed by atoms with Gasteiger partial charge in [0.15, 0.2) is 5.16 Å². The van der Waals surface area contributed by atoms with Gasteiger partial charge >= 0.3 is 0 Å². The number of nitrogens with one attached hydrogen (secondary N) is 2. The summed E-state index contributed by atoms with van der Waals surface area (Å²) in [5, 5.41) is 9.79. The Morgan fingerprint density at radius 2 is 1.11 bits per heavy atom.